The van der Waals surface area contributed by atoms with Crippen LogP contribution in [0.2, 0.25) is 10.0 Å². The molecule has 1 aliphatic carbocycles. The molecular formula is C79H104Cl2FN15O12S3. The van der Waals surface area contributed by atoms with Gasteiger partial charge in [-0.05, 0) is 214 Å². The molecule has 1 saturated carbocycles. The lowest BCUT2D eigenvalue weighted by Gasteiger charge is -2.33. The van der Waals surface area contributed by atoms with Crippen LogP contribution >= 0.6 is 23.2 Å². The molecule has 8 aromatic rings. The van der Waals surface area contributed by atoms with Gasteiger partial charge in [0.2, 0.25) is 0 Å². The number of halogens is 3. The number of nitrogens with zero attached hydrogens (tertiary/aromatic N) is 9. The summed E-state index contributed by atoms with van der Waals surface area (Å²) in [4.78, 5) is 84.5. The Bertz CT molecular complexity index is 5180. The number of rotatable bonds is 21. The number of sulfonamides is 3. The summed E-state index contributed by atoms with van der Waals surface area (Å²) in [6.45, 7) is 26.3. The molecule has 7 N–H and O–H groups in total. The minimum absolute atomic E-state index is 0. The molecule has 3 aliphatic heterocycles. The highest BCUT2D eigenvalue weighted by molar-refractivity contribution is 7.90. The average molecular weight is 1640 g/mol. The molecule has 4 fully saturated rings. The van der Waals surface area contributed by atoms with E-state index in [1.165, 1.54) is 67.1 Å². The van der Waals surface area contributed by atoms with Crippen molar-refractivity contribution in [2.75, 3.05) is 57.3 Å². The molecule has 112 heavy (non-hydrogen) atoms. The van der Waals surface area contributed by atoms with Gasteiger partial charge in [-0.2, -0.15) is 25.3 Å². The molecule has 33 heteroatoms. The highest BCUT2D eigenvalue weighted by atomic mass is 35.5. The molecule has 4 aliphatic rings. The average Bonchev–Trinajstić information content (AvgIpc) is 1.73. The van der Waals surface area contributed by atoms with E-state index < -0.39 is 76.2 Å². The second-order valence-corrected chi connectivity index (χ2v) is 37.0. The van der Waals surface area contributed by atoms with Gasteiger partial charge >= 0.3 is 5.97 Å². The number of benzene rings is 2. The van der Waals surface area contributed by atoms with Gasteiger partial charge in [-0.1, -0.05) is 88.9 Å². The first-order valence-electron chi connectivity index (χ1n) is 36.9. The number of anilines is 7. The van der Waals surface area contributed by atoms with Crippen molar-refractivity contribution in [1.82, 2.24) is 44.1 Å². The zero-order valence-electron chi connectivity index (χ0n) is 64.6. The summed E-state index contributed by atoms with van der Waals surface area (Å²) in [7, 11) is -12.8. The first-order chi connectivity index (χ1) is 52.6. The number of esters is 1. The zero-order chi connectivity index (χ0) is 81.4. The van der Waals surface area contributed by atoms with Gasteiger partial charge in [-0.25, -0.2) is 53.3 Å². The largest absolute Gasteiger partial charge is 0.493 e. The van der Waals surface area contributed by atoms with Gasteiger partial charge in [0.05, 0.1) is 39.7 Å². The number of nitrogens with one attached hydrogen (secondary N) is 5. The third kappa shape index (κ3) is 21.5. The van der Waals surface area contributed by atoms with Crippen LogP contribution in [0, 0.1) is 29.5 Å². The Morgan fingerprint density at radius 3 is 1.67 bits per heavy atom. The molecule has 5 atom stereocenters. The van der Waals surface area contributed by atoms with Crippen LogP contribution in [0.25, 0.3) is 11.3 Å². The molecule has 4 unspecified atom stereocenters. The van der Waals surface area contributed by atoms with Crippen LogP contribution in [-0.2, 0) is 39.6 Å². The van der Waals surface area contributed by atoms with E-state index in [4.69, 9.17) is 38.4 Å². The van der Waals surface area contributed by atoms with Crippen LogP contribution in [-0.4, -0.2) is 134 Å². The van der Waals surface area contributed by atoms with Crippen molar-refractivity contribution in [2.24, 2.45) is 23.7 Å². The number of nitrogen functional groups attached to an aromatic ring is 1. The number of hydrogen-bond donors (Lipinski definition) is 6. The van der Waals surface area contributed by atoms with Crippen molar-refractivity contribution < 1.29 is 64.0 Å². The molecule has 2 aromatic carbocycles. The molecule has 12 rings (SSSR count). The summed E-state index contributed by atoms with van der Waals surface area (Å²) < 4.78 is 111. The summed E-state index contributed by atoms with van der Waals surface area (Å²) in [5.41, 5.74) is 5.95. The lowest BCUT2D eigenvalue weighted by Crippen LogP contribution is -2.42. The number of aromatic nitrogens is 6. The Labute approximate surface area is 670 Å². The third-order valence-corrected chi connectivity index (χ3v) is 23.4. The van der Waals surface area contributed by atoms with E-state index in [1.807, 2.05) is 18.6 Å². The standard InChI is InChI=1S/C30H36FN5O6S.C25H35N5O3S.C24H25Cl2N5O3S.4H2/c1-18(2)17-41-21-15-19(14-20(31)16-21)23-12-11-22(28(37)35-43(39,40)26-10-6-9-25(32)34-26)27(33-23)36-13-7-8-24(36)29(38)42-30(3,4)5;1-17-15-25(3,4)30(16-17)23-19(10-8-14-26-23)24(31)29-34(32,33)22-13-7-12-21(28-22)27-20-11-6-5-9-18(20)2;1-15-13-24(2,3)31(14-15)22-17(6-5-11-27-22)23(32)30-35(33,34)21-8-4-7-20(29-21)28-19-10-9-16(25)12-18(19)26;;;;/h6,9-12,14-16,18,24H,7-8,13,17H2,1-5H3,(H2,32,34)(H,35,37);7-8,10,12-14,17-18,20H,5-6,9,11,15-16H2,1-4H3,(H,27,28)(H,29,31);4-12,15H,13-14H2,1-3H3,(H,28,29)(H,30,32);4*1H/t24-;;;;;;/m1....../s1. The van der Waals surface area contributed by atoms with Crippen molar-refractivity contribution in [3.05, 3.63) is 172 Å². The Balaban J connectivity index is 0.000000268. The predicted molar refractivity (Wildman–Crippen MR) is 439 cm³/mol. The smallest absolute Gasteiger partial charge is 0.329 e. The summed E-state index contributed by atoms with van der Waals surface area (Å²) in [6, 6.07) is 31.0. The number of carbonyl (C=O) groups is 4. The number of nitrogens with two attached hydrogens (primary N) is 1. The van der Waals surface area contributed by atoms with E-state index in [0.29, 0.717) is 88.2 Å². The molecule has 3 amide bonds. The monoisotopic (exact) mass is 1640 g/mol. The maximum Gasteiger partial charge on any atom is 0.329 e. The van der Waals surface area contributed by atoms with Gasteiger partial charge < -0.3 is 40.5 Å². The Hall–Kier alpha value is -9.82. The Morgan fingerprint density at radius 1 is 0.625 bits per heavy atom. The van der Waals surface area contributed by atoms with Gasteiger partial charge in [-0.15, -0.1) is 0 Å². The molecule has 0 spiro atoms. The highest BCUT2D eigenvalue weighted by Gasteiger charge is 2.42. The van der Waals surface area contributed by atoms with Gasteiger partial charge in [0.25, 0.3) is 47.8 Å². The number of hydrogen-bond acceptors (Lipinski definition) is 24. The van der Waals surface area contributed by atoms with Crippen LogP contribution < -0.4 is 50.0 Å². The molecule has 606 valence electrons. The van der Waals surface area contributed by atoms with Gasteiger partial charge in [0, 0.05) is 71.5 Å². The van der Waals surface area contributed by atoms with Crippen molar-refractivity contribution in [3.8, 4) is 17.0 Å². The van der Waals surface area contributed by atoms with E-state index in [2.05, 4.69) is 108 Å². The number of ether oxygens (including phenoxy) is 2. The molecule has 0 radical (unpaired) electrons. The van der Waals surface area contributed by atoms with Crippen LogP contribution in [0.4, 0.5) is 45.0 Å². The summed E-state index contributed by atoms with van der Waals surface area (Å²) in [5.74, 6) is 0.0649. The normalized spacial score (nSPS) is 18.8. The quantitative estimate of drug-likeness (QED) is 0.0364. The SMILES string of the molecule is CC(C)COc1cc(F)cc(-c2ccc(C(=O)NS(=O)(=O)c3cccc(N)n3)c(N3CCC[C@@H]3C(=O)OC(C)(C)C)n2)c1.CC1CN(c2ncccc2C(=O)NS(=O)(=O)c2cccc(NC3CCCCC3C)n2)C(C)(C)C1.CC1CN(c2ncccc2C(=O)NS(=O)(=O)c2cccc(Nc3ccc(Cl)cc3Cl)n2)C(C)(C)C1.[HH].[HH].[HH].[HH]. The van der Waals surface area contributed by atoms with Crippen LogP contribution in [0.3, 0.4) is 0 Å². The molecule has 0 bridgehead atoms. The molecular weight excluding hydrogens is 1540 g/mol. The third-order valence-electron chi connectivity index (χ3n) is 19.1. The minimum atomic E-state index is -4.41. The van der Waals surface area contributed by atoms with E-state index in [1.54, 1.807) is 105 Å². The predicted octanol–water partition coefficient (Wildman–Crippen LogP) is 14.8. The number of amides is 3. The minimum Gasteiger partial charge on any atom is -0.493 e. The van der Waals surface area contributed by atoms with Crippen LogP contribution in [0.5, 0.6) is 5.75 Å². The van der Waals surface area contributed by atoms with Crippen molar-refractivity contribution >= 4 is 118 Å². The Kier molecular flexibility index (Phi) is 26.5. The topological polar surface area (TPSA) is 362 Å². The van der Waals surface area contributed by atoms with E-state index in [-0.39, 0.29) is 78.6 Å². The molecule has 9 heterocycles. The van der Waals surface area contributed by atoms with Crippen molar-refractivity contribution in [3.63, 3.8) is 0 Å². The first-order valence-corrected chi connectivity index (χ1v) is 42.1. The first kappa shape index (κ1) is 84.6. The second-order valence-electron chi connectivity index (χ2n) is 31.2. The van der Waals surface area contributed by atoms with Gasteiger partial charge in [0.1, 0.15) is 58.1 Å². The number of carbonyl (C=O) groups excluding carboxylic acids is 4. The lowest BCUT2D eigenvalue weighted by atomic mass is 9.86. The fourth-order valence-electron chi connectivity index (χ4n) is 14.2. The van der Waals surface area contributed by atoms with E-state index in [0.717, 1.165) is 45.2 Å². The van der Waals surface area contributed by atoms with Crippen molar-refractivity contribution in [2.45, 2.75) is 178 Å². The van der Waals surface area contributed by atoms with Crippen LogP contribution in [0.1, 0.15) is 171 Å². The zero-order valence-corrected chi connectivity index (χ0v) is 68.5. The fourth-order valence-corrected chi connectivity index (χ4v) is 17.5. The summed E-state index contributed by atoms with van der Waals surface area (Å²) in [5, 5.41) is 6.22. The Morgan fingerprint density at radius 2 is 1.15 bits per heavy atom. The molecule has 6 aromatic heterocycles. The maximum atomic E-state index is 14.6. The van der Waals surface area contributed by atoms with Crippen molar-refractivity contribution in [1.29, 1.82) is 0 Å². The van der Waals surface area contributed by atoms with Gasteiger partial charge in [0.15, 0.2) is 15.1 Å². The molecule has 27 nitrogen and oxygen atoms in total. The fraction of sp³-hybridized carbons (Fsp3) is 0.418. The summed E-state index contributed by atoms with van der Waals surface area (Å²) >= 11 is 12.1. The van der Waals surface area contributed by atoms with Gasteiger partial charge in [-0.3, -0.25) is 14.4 Å². The van der Waals surface area contributed by atoms with Crippen LogP contribution in [0.15, 0.2) is 155 Å². The second kappa shape index (κ2) is 35.1. The number of pyridine rings is 6. The van der Waals surface area contributed by atoms with E-state index in [9.17, 15) is 48.8 Å². The molecule has 3 saturated heterocycles. The van der Waals surface area contributed by atoms with E-state index >= 15 is 0 Å². The lowest BCUT2D eigenvalue weighted by molar-refractivity contribution is -0.156. The maximum absolute atomic E-state index is 14.6. The highest BCUT2D eigenvalue weighted by Crippen LogP contribution is 2.40. The summed E-state index contributed by atoms with van der Waals surface area (Å²) in [6.07, 6.45) is 10.7.